The average molecular weight is 409 g/mol. The van der Waals surface area contributed by atoms with Crippen molar-refractivity contribution in [2.24, 2.45) is 0 Å². The van der Waals surface area contributed by atoms with Crippen LogP contribution in [0.1, 0.15) is 29.8 Å². The number of nitrogens with one attached hydrogen (secondary N) is 1. The summed E-state index contributed by atoms with van der Waals surface area (Å²) < 4.78 is 8.06. The van der Waals surface area contributed by atoms with Gasteiger partial charge < -0.3 is 10.1 Å². The maximum atomic E-state index is 12.1. The second-order valence-electron chi connectivity index (χ2n) is 7.21. The van der Waals surface area contributed by atoms with E-state index in [9.17, 15) is 4.79 Å². The van der Waals surface area contributed by atoms with Crippen molar-refractivity contribution in [1.82, 2.24) is 20.1 Å². The van der Waals surface area contributed by atoms with Crippen molar-refractivity contribution in [1.29, 1.82) is 0 Å². The second kappa shape index (κ2) is 8.69. The Morgan fingerprint density at radius 3 is 2.52 bits per heavy atom. The van der Waals surface area contributed by atoms with Crippen molar-refractivity contribution in [3.05, 3.63) is 65.5 Å². The fraction of sp³-hybridized carbons (Fsp3) is 0.318. The maximum absolute atomic E-state index is 12.1. The Balaban J connectivity index is 1.54. The highest BCUT2D eigenvalue weighted by Gasteiger charge is 2.24. The van der Waals surface area contributed by atoms with E-state index in [-0.39, 0.29) is 5.91 Å². The summed E-state index contributed by atoms with van der Waals surface area (Å²) in [5, 5.41) is 12.4. The summed E-state index contributed by atoms with van der Waals surface area (Å²) in [6.07, 6.45) is 2.16. The molecule has 1 aliphatic rings. The van der Waals surface area contributed by atoms with Gasteiger partial charge in [0.2, 0.25) is 5.91 Å². The first-order valence-electron chi connectivity index (χ1n) is 9.72. The summed E-state index contributed by atoms with van der Waals surface area (Å²) in [6, 6.07) is 16.4. The summed E-state index contributed by atoms with van der Waals surface area (Å²) >= 11 is 1.39. The van der Waals surface area contributed by atoms with Gasteiger partial charge in [-0.3, -0.25) is 9.36 Å². The van der Waals surface area contributed by atoms with Gasteiger partial charge in [-0.15, -0.1) is 10.2 Å². The van der Waals surface area contributed by atoms with Gasteiger partial charge in [-0.25, -0.2) is 0 Å². The number of aryl methyl sites for hydroxylation is 2. The SMILES string of the molecule is Cc1cccc(C)c1OCc1nnc(SCC(=O)NC2CC2)n1-c1ccccc1. The number of rotatable bonds is 8. The van der Waals surface area contributed by atoms with Gasteiger partial charge in [-0.05, 0) is 49.9 Å². The third kappa shape index (κ3) is 4.79. The summed E-state index contributed by atoms with van der Waals surface area (Å²) in [6.45, 7) is 4.36. The Hall–Kier alpha value is -2.80. The van der Waals surface area contributed by atoms with Crippen LogP contribution in [0.3, 0.4) is 0 Å². The number of aromatic nitrogens is 3. The van der Waals surface area contributed by atoms with Crippen molar-refractivity contribution >= 4 is 17.7 Å². The van der Waals surface area contributed by atoms with Crippen LogP contribution in [-0.2, 0) is 11.4 Å². The van der Waals surface area contributed by atoms with Crippen LogP contribution < -0.4 is 10.1 Å². The van der Waals surface area contributed by atoms with E-state index in [1.165, 1.54) is 11.8 Å². The molecule has 6 nitrogen and oxygen atoms in total. The molecule has 0 aliphatic heterocycles. The first-order chi connectivity index (χ1) is 14.1. The summed E-state index contributed by atoms with van der Waals surface area (Å²) in [5.41, 5.74) is 3.12. The predicted octanol–water partition coefficient (Wildman–Crippen LogP) is 3.83. The van der Waals surface area contributed by atoms with Crippen molar-refractivity contribution in [2.75, 3.05) is 5.75 Å². The molecule has 2 aromatic carbocycles. The number of hydrogen-bond donors (Lipinski definition) is 1. The molecule has 1 aromatic heterocycles. The van der Waals surface area contributed by atoms with Crippen molar-refractivity contribution < 1.29 is 9.53 Å². The molecule has 0 unspecified atom stereocenters. The molecule has 29 heavy (non-hydrogen) atoms. The number of carbonyl (C=O) groups is 1. The van der Waals surface area contributed by atoms with Crippen LogP contribution in [0.2, 0.25) is 0 Å². The van der Waals surface area contributed by atoms with Crippen LogP contribution in [0.5, 0.6) is 5.75 Å². The lowest BCUT2D eigenvalue weighted by Crippen LogP contribution is -2.27. The van der Waals surface area contributed by atoms with Crippen LogP contribution in [-0.4, -0.2) is 32.5 Å². The highest BCUT2D eigenvalue weighted by molar-refractivity contribution is 7.99. The molecule has 1 amide bonds. The number of benzene rings is 2. The fourth-order valence-corrected chi connectivity index (χ4v) is 3.90. The molecule has 0 radical (unpaired) electrons. The zero-order chi connectivity index (χ0) is 20.2. The van der Waals surface area contributed by atoms with Crippen LogP contribution in [0.15, 0.2) is 53.7 Å². The minimum Gasteiger partial charge on any atom is -0.485 e. The number of nitrogens with zero attached hydrogens (tertiary/aromatic N) is 3. The molecule has 4 rings (SSSR count). The van der Waals surface area contributed by atoms with Crippen LogP contribution >= 0.6 is 11.8 Å². The zero-order valence-corrected chi connectivity index (χ0v) is 17.4. The summed E-state index contributed by atoms with van der Waals surface area (Å²) in [4.78, 5) is 12.1. The molecular formula is C22H24N4O2S. The Labute approximate surface area is 174 Å². The Morgan fingerprint density at radius 2 is 1.83 bits per heavy atom. The van der Waals surface area contributed by atoms with Crippen LogP contribution in [0.4, 0.5) is 0 Å². The smallest absolute Gasteiger partial charge is 0.230 e. The molecule has 3 aromatic rings. The first-order valence-corrected chi connectivity index (χ1v) is 10.7. The molecular weight excluding hydrogens is 384 g/mol. The molecule has 1 fully saturated rings. The van der Waals surface area contributed by atoms with E-state index in [0.29, 0.717) is 29.4 Å². The molecule has 0 saturated heterocycles. The van der Waals surface area contributed by atoms with E-state index < -0.39 is 0 Å². The third-order valence-electron chi connectivity index (χ3n) is 4.74. The van der Waals surface area contributed by atoms with E-state index in [0.717, 1.165) is 35.4 Å². The number of carbonyl (C=O) groups excluding carboxylic acids is 1. The normalized spacial score (nSPS) is 13.3. The van der Waals surface area contributed by atoms with Gasteiger partial charge in [-0.1, -0.05) is 48.2 Å². The molecule has 1 aliphatic carbocycles. The van der Waals surface area contributed by atoms with Crippen molar-refractivity contribution in [3.63, 3.8) is 0 Å². The monoisotopic (exact) mass is 408 g/mol. The molecule has 0 spiro atoms. The Kier molecular flexibility index (Phi) is 5.85. The van der Waals surface area contributed by atoms with Crippen molar-refractivity contribution in [3.8, 4) is 11.4 Å². The lowest BCUT2D eigenvalue weighted by molar-refractivity contribution is -0.118. The summed E-state index contributed by atoms with van der Waals surface area (Å²) in [5.74, 6) is 1.92. The molecule has 0 bridgehead atoms. The van der Waals surface area contributed by atoms with E-state index in [2.05, 4.69) is 15.5 Å². The standard InChI is InChI=1S/C22H24N4O2S/c1-15-7-6-8-16(2)21(15)28-13-19-24-25-22(26(19)18-9-4-3-5-10-18)29-14-20(27)23-17-11-12-17/h3-10,17H,11-14H2,1-2H3,(H,23,27). The highest BCUT2D eigenvalue weighted by atomic mass is 32.2. The minimum absolute atomic E-state index is 0.0356. The van der Waals surface area contributed by atoms with Crippen molar-refractivity contribution in [2.45, 2.75) is 44.5 Å². The topological polar surface area (TPSA) is 69.0 Å². The van der Waals surface area contributed by atoms with Gasteiger partial charge in [0, 0.05) is 11.7 Å². The van der Waals surface area contributed by atoms with Gasteiger partial charge in [0.25, 0.3) is 0 Å². The predicted molar refractivity (Wildman–Crippen MR) is 113 cm³/mol. The number of amides is 1. The molecule has 7 heteroatoms. The molecule has 0 atom stereocenters. The molecule has 150 valence electrons. The summed E-state index contributed by atoms with van der Waals surface area (Å²) in [7, 11) is 0. The molecule has 1 N–H and O–H groups in total. The molecule has 1 heterocycles. The van der Waals surface area contributed by atoms with E-state index in [1.54, 1.807) is 0 Å². The van der Waals surface area contributed by atoms with Gasteiger partial charge in [0.05, 0.1) is 5.75 Å². The zero-order valence-electron chi connectivity index (χ0n) is 16.6. The van der Waals surface area contributed by atoms with E-state index in [4.69, 9.17) is 4.74 Å². The van der Waals surface area contributed by atoms with Gasteiger partial charge in [0.15, 0.2) is 11.0 Å². The number of thioether (sulfide) groups is 1. The quantitative estimate of drug-likeness (QED) is 0.574. The van der Waals surface area contributed by atoms with Gasteiger partial charge in [-0.2, -0.15) is 0 Å². The third-order valence-corrected chi connectivity index (χ3v) is 5.67. The largest absolute Gasteiger partial charge is 0.485 e. The lowest BCUT2D eigenvalue weighted by Gasteiger charge is -2.13. The first kappa shape index (κ1) is 19.5. The number of hydrogen-bond acceptors (Lipinski definition) is 5. The number of ether oxygens (including phenoxy) is 1. The van der Waals surface area contributed by atoms with Crippen LogP contribution in [0.25, 0.3) is 5.69 Å². The maximum Gasteiger partial charge on any atom is 0.230 e. The Morgan fingerprint density at radius 1 is 1.10 bits per heavy atom. The average Bonchev–Trinajstić information content (AvgIpc) is 3.44. The minimum atomic E-state index is 0.0356. The molecule has 1 saturated carbocycles. The van der Waals surface area contributed by atoms with E-state index >= 15 is 0 Å². The van der Waals surface area contributed by atoms with E-state index in [1.807, 2.05) is 66.9 Å². The lowest BCUT2D eigenvalue weighted by atomic mass is 10.1. The highest BCUT2D eigenvalue weighted by Crippen LogP contribution is 2.26. The number of para-hydroxylation sites is 2. The van der Waals surface area contributed by atoms with Gasteiger partial charge >= 0.3 is 0 Å². The Bertz CT molecular complexity index is 979. The fourth-order valence-electron chi connectivity index (χ4n) is 3.11. The second-order valence-corrected chi connectivity index (χ2v) is 8.15. The van der Waals surface area contributed by atoms with Gasteiger partial charge in [0.1, 0.15) is 12.4 Å². The van der Waals surface area contributed by atoms with Crippen LogP contribution in [0, 0.1) is 13.8 Å².